The summed E-state index contributed by atoms with van der Waals surface area (Å²) in [6.45, 7) is 5.87. The van der Waals surface area contributed by atoms with Crippen LogP contribution < -0.4 is 5.56 Å². The lowest BCUT2D eigenvalue weighted by Crippen LogP contribution is -2.51. The largest absolute Gasteiger partial charge is 0.444 e. The maximum atomic E-state index is 13.9. The molecule has 0 saturated carbocycles. The van der Waals surface area contributed by atoms with Gasteiger partial charge >= 0.3 is 6.09 Å². The van der Waals surface area contributed by atoms with E-state index in [2.05, 4.69) is 0 Å². The van der Waals surface area contributed by atoms with Crippen LogP contribution in [0.2, 0.25) is 10.0 Å². The van der Waals surface area contributed by atoms with Crippen LogP contribution in [0.25, 0.3) is 10.9 Å². The van der Waals surface area contributed by atoms with Crippen LogP contribution in [0.1, 0.15) is 50.7 Å². The number of nitrogens with zero attached hydrogens (tertiary/aromatic N) is 2. The highest BCUT2D eigenvalue weighted by Gasteiger charge is 2.44. The number of carbonyl (C=O) groups is 1. The number of pyridine rings is 1. The van der Waals surface area contributed by atoms with Crippen LogP contribution in [0.5, 0.6) is 0 Å². The summed E-state index contributed by atoms with van der Waals surface area (Å²) in [6, 6.07) is 14.1. The molecular weight excluding hydrogens is 515 g/mol. The van der Waals surface area contributed by atoms with Crippen molar-refractivity contribution < 1.29 is 19.7 Å². The Labute approximate surface area is 226 Å². The van der Waals surface area contributed by atoms with E-state index in [4.69, 9.17) is 27.9 Å². The van der Waals surface area contributed by atoms with Gasteiger partial charge in [0.25, 0.3) is 5.56 Å². The topological polar surface area (TPSA) is 92.0 Å². The molecule has 3 aromatic rings. The number of aromatic nitrogens is 1. The van der Waals surface area contributed by atoms with Crippen LogP contribution >= 0.6 is 23.2 Å². The Morgan fingerprint density at radius 2 is 1.68 bits per heavy atom. The Morgan fingerprint density at radius 3 is 2.27 bits per heavy atom. The average molecular weight is 547 g/mol. The van der Waals surface area contributed by atoms with Crippen molar-refractivity contribution in [2.75, 3.05) is 19.7 Å². The third-order valence-corrected chi connectivity index (χ3v) is 7.23. The van der Waals surface area contributed by atoms with Gasteiger partial charge in [-0.05, 0) is 75.6 Å². The maximum absolute atomic E-state index is 13.9. The zero-order valence-electron chi connectivity index (χ0n) is 21.2. The van der Waals surface area contributed by atoms with Gasteiger partial charge in [-0.25, -0.2) is 4.79 Å². The molecule has 1 saturated heterocycles. The van der Waals surface area contributed by atoms with Gasteiger partial charge in [0.05, 0.1) is 17.7 Å². The summed E-state index contributed by atoms with van der Waals surface area (Å²) in [4.78, 5) is 28.1. The van der Waals surface area contributed by atoms with Gasteiger partial charge in [0.15, 0.2) is 0 Å². The molecule has 1 aliphatic rings. The van der Waals surface area contributed by atoms with Gasteiger partial charge in [0.2, 0.25) is 0 Å². The van der Waals surface area contributed by atoms with Crippen molar-refractivity contribution in [3.63, 3.8) is 0 Å². The number of hydrogen-bond donors (Lipinski definition) is 2. The first kappa shape index (κ1) is 27.5. The molecule has 1 aliphatic heterocycles. The number of rotatable bonds is 5. The van der Waals surface area contributed by atoms with Crippen LogP contribution in [0.3, 0.4) is 0 Å². The van der Waals surface area contributed by atoms with E-state index in [9.17, 15) is 19.8 Å². The minimum atomic E-state index is -1.32. The highest BCUT2D eigenvalue weighted by Crippen LogP contribution is 2.41. The van der Waals surface area contributed by atoms with E-state index in [1.807, 2.05) is 32.9 Å². The van der Waals surface area contributed by atoms with E-state index in [1.54, 1.807) is 41.3 Å². The predicted molar refractivity (Wildman–Crippen MR) is 146 cm³/mol. The van der Waals surface area contributed by atoms with Crippen molar-refractivity contribution in [2.24, 2.45) is 0 Å². The fourth-order valence-corrected chi connectivity index (χ4v) is 5.34. The number of likely N-dealkylation sites (tertiary alicyclic amines) is 1. The summed E-state index contributed by atoms with van der Waals surface area (Å²) in [5.41, 5.74) is -0.485. The molecule has 0 radical (unpaired) electrons. The quantitative estimate of drug-likeness (QED) is 0.459. The Bertz CT molecular complexity index is 1340. The van der Waals surface area contributed by atoms with Crippen LogP contribution in [-0.4, -0.2) is 56.7 Å². The van der Waals surface area contributed by atoms with Crippen LogP contribution in [0, 0.1) is 0 Å². The summed E-state index contributed by atoms with van der Waals surface area (Å²) in [7, 11) is 0. The Morgan fingerprint density at radius 1 is 1.05 bits per heavy atom. The van der Waals surface area contributed by atoms with E-state index < -0.39 is 23.2 Å². The molecule has 2 heterocycles. The van der Waals surface area contributed by atoms with Gasteiger partial charge in [-0.3, -0.25) is 4.79 Å². The third-order valence-electron chi connectivity index (χ3n) is 6.74. The van der Waals surface area contributed by atoms with E-state index in [0.29, 0.717) is 21.1 Å². The highest BCUT2D eigenvalue weighted by molar-refractivity contribution is 6.31. The highest BCUT2D eigenvalue weighted by atomic mass is 35.5. The lowest BCUT2D eigenvalue weighted by molar-refractivity contribution is -0.0415. The zero-order valence-corrected chi connectivity index (χ0v) is 22.7. The number of hydrogen-bond acceptors (Lipinski definition) is 5. The normalized spacial score (nSPS) is 16.6. The smallest absolute Gasteiger partial charge is 0.410 e. The van der Waals surface area contributed by atoms with Crippen molar-refractivity contribution in [1.29, 1.82) is 0 Å². The van der Waals surface area contributed by atoms with Crippen molar-refractivity contribution >= 4 is 40.2 Å². The van der Waals surface area contributed by atoms with Gasteiger partial charge in [0.1, 0.15) is 5.60 Å². The molecule has 1 fully saturated rings. The molecule has 1 unspecified atom stereocenters. The first-order valence-corrected chi connectivity index (χ1v) is 13.1. The fourth-order valence-electron chi connectivity index (χ4n) is 5.04. The summed E-state index contributed by atoms with van der Waals surface area (Å²) < 4.78 is 7.03. The number of benzene rings is 2. The number of aliphatic hydroxyl groups is 2. The van der Waals surface area contributed by atoms with E-state index >= 15 is 0 Å². The number of piperidine rings is 1. The van der Waals surface area contributed by atoms with Crippen LogP contribution in [0.15, 0.2) is 53.3 Å². The Hall–Kier alpha value is -2.58. The summed E-state index contributed by atoms with van der Waals surface area (Å²) in [5, 5.41) is 23.6. The van der Waals surface area contributed by atoms with Crippen molar-refractivity contribution in [3.8, 4) is 0 Å². The van der Waals surface area contributed by atoms with Crippen LogP contribution in [-0.2, 0) is 11.3 Å². The van der Waals surface area contributed by atoms with E-state index in [1.165, 1.54) is 4.57 Å². The second kappa shape index (κ2) is 10.7. The second-order valence-electron chi connectivity index (χ2n) is 10.5. The second-order valence-corrected chi connectivity index (χ2v) is 11.4. The summed E-state index contributed by atoms with van der Waals surface area (Å²) in [6.07, 6.45) is 0.0577. The zero-order chi connectivity index (χ0) is 27.0. The monoisotopic (exact) mass is 546 g/mol. The summed E-state index contributed by atoms with van der Waals surface area (Å²) >= 11 is 12.4. The predicted octanol–water partition coefficient (Wildman–Crippen LogP) is 5.19. The first-order chi connectivity index (χ1) is 17.4. The Kier molecular flexibility index (Phi) is 7.91. The number of halogens is 2. The molecule has 4 rings (SSSR count). The Balaban J connectivity index is 1.81. The van der Waals surface area contributed by atoms with Crippen molar-refractivity contribution in [3.05, 3.63) is 80.1 Å². The molecule has 2 aromatic carbocycles. The number of aliphatic hydroxyl groups excluding tert-OH is 1. The van der Waals surface area contributed by atoms with Gasteiger partial charge in [-0.2, -0.15) is 0 Å². The average Bonchev–Trinajstić information content (AvgIpc) is 2.82. The molecule has 1 amide bonds. The standard InChI is InChI=1S/C28H32Cl2N2O5/c1-27(2,3)37-26(35)31-12-10-28(36,11-13-31)24(18-4-6-20(29)7-5-18)22-17-19-16-21(30)8-9-23(19)32(14-15-33)25(22)34/h4-9,16-17,24,33,36H,10-15H2,1-3H3. The molecule has 7 nitrogen and oxygen atoms in total. The lowest BCUT2D eigenvalue weighted by Gasteiger charge is -2.43. The summed E-state index contributed by atoms with van der Waals surface area (Å²) in [5.74, 6) is -0.702. The minimum Gasteiger partial charge on any atom is -0.444 e. The molecule has 198 valence electrons. The van der Waals surface area contributed by atoms with Gasteiger partial charge in [0, 0.05) is 46.5 Å². The number of fused-ring (bicyclic) bond motifs is 1. The van der Waals surface area contributed by atoms with Gasteiger partial charge < -0.3 is 24.4 Å². The molecule has 1 atom stereocenters. The lowest BCUT2D eigenvalue weighted by atomic mass is 9.72. The van der Waals surface area contributed by atoms with E-state index in [-0.39, 0.29) is 44.6 Å². The molecule has 1 aromatic heterocycles. The van der Waals surface area contributed by atoms with Gasteiger partial charge in [-0.1, -0.05) is 35.3 Å². The number of ether oxygens (including phenoxy) is 1. The van der Waals surface area contributed by atoms with Crippen molar-refractivity contribution in [2.45, 2.75) is 57.3 Å². The molecule has 9 heteroatoms. The van der Waals surface area contributed by atoms with Crippen LogP contribution in [0.4, 0.5) is 4.79 Å². The number of carbonyl (C=O) groups excluding carboxylic acids is 1. The fraction of sp³-hybridized carbons (Fsp3) is 0.429. The molecule has 0 aliphatic carbocycles. The number of amides is 1. The third kappa shape index (κ3) is 5.96. The first-order valence-electron chi connectivity index (χ1n) is 12.3. The molecule has 2 N–H and O–H groups in total. The van der Waals surface area contributed by atoms with Crippen molar-refractivity contribution in [1.82, 2.24) is 9.47 Å². The molecule has 0 bridgehead atoms. The molecule has 0 spiro atoms. The van der Waals surface area contributed by atoms with Gasteiger partial charge in [-0.15, -0.1) is 0 Å². The molecular formula is C28H32Cl2N2O5. The van der Waals surface area contributed by atoms with E-state index in [0.717, 1.165) is 10.9 Å². The SMILES string of the molecule is CC(C)(C)OC(=O)N1CCC(O)(C(c2ccc(Cl)cc2)c2cc3cc(Cl)ccc3n(CCO)c2=O)CC1. The maximum Gasteiger partial charge on any atom is 0.410 e. The molecule has 37 heavy (non-hydrogen) atoms. The minimum absolute atomic E-state index is 0.100.